The van der Waals surface area contributed by atoms with Gasteiger partial charge >= 0.3 is 0 Å². The number of rotatable bonds is 15. The Morgan fingerprint density at radius 3 is 1.97 bits per heavy atom. The predicted octanol–water partition coefficient (Wildman–Crippen LogP) is 7.92. The van der Waals surface area contributed by atoms with Crippen molar-refractivity contribution in [3.63, 3.8) is 0 Å². The first-order valence-corrected chi connectivity index (χ1v) is 13.9. The van der Waals surface area contributed by atoms with Crippen LogP contribution >= 0.6 is 0 Å². The summed E-state index contributed by atoms with van der Waals surface area (Å²) >= 11 is 0. The van der Waals surface area contributed by atoms with E-state index < -0.39 is 0 Å². The van der Waals surface area contributed by atoms with Gasteiger partial charge in [-0.05, 0) is 36.1 Å². The number of unbranched alkanes of at least 4 members (excludes halogenated alkanes) is 4. The highest BCUT2D eigenvalue weighted by Gasteiger charge is 2.20. The van der Waals surface area contributed by atoms with E-state index in [4.69, 9.17) is 14.2 Å². The molecular formula is C33H39NO4. The predicted molar refractivity (Wildman–Crippen MR) is 154 cm³/mol. The fourth-order valence-electron chi connectivity index (χ4n) is 4.45. The van der Waals surface area contributed by atoms with Gasteiger partial charge in [0.1, 0.15) is 19.0 Å². The Labute approximate surface area is 226 Å². The third-order valence-electron chi connectivity index (χ3n) is 6.60. The number of pyridine rings is 1. The highest BCUT2D eigenvalue weighted by atomic mass is 16.5. The molecule has 5 nitrogen and oxygen atoms in total. The van der Waals surface area contributed by atoms with Crippen LogP contribution < -0.4 is 19.8 Å². The Morgan fingerprint density at radius 2 is 1.32 bits per heavy atom. The zero-order valence-electron chi connectivity index (χ0n) is 22.7. The van der Waals surface area contributed by atoms with Gasteiger partial charge in [-0.25, -0.2) is 0 Å². The van der Waals surface area contributed by atoms with E-state index in [1.807, 2.05) is 83.4 Å². The Bertz CT molecular complexity index is 1330. The highest BCUT2D eigenvalue weighted by Crippen LogP contribution is 2.36. The molecule has 0 fully saturated rings. The first-order chi connectivity index (χ1) is 18.7. The first-order valence-electron chi connectivity index (χ1n) is 13.9. The summed E-state index contributed by atoms with van der Waals surface area (Å²) in [5.74, 6) is 1.53. The van der Waals surface area contributed by atoms with Crippen molar-refractivity contribution in [1.82, 2.24) is 4.57 Å². The van der Waals surface area contributed by atoms with Gasteiger partial charge in [-0.2, -0.15) is 0 Å². The van der Waals surface area contributed by atoms with Crippen LogP contribution in [0.4, 0.5) is 0 Å². The van der Waals surface area contributed by atoms with Crippen LogP contribution in [0.1, 0.15) is 63.5 Å². The zero-order chi connectivity index (χ0) is 26.6. The standard InChI is InChI=1S/C33H39NO4/c1-3-5-7-14-22-36-32-31(38-25-27-17-12-9-13-18-27)29-20-19-28(37-24-26-15-10-8-11-16-26)23-30(29)34(33(32)35)21-6-4-2/h8-13,15-20,23H,3-7,14,21-22,24-25H2,1-2H3. The molecule has 5 heteroatoms. The zero-order valence-corrected chi connectivity index (χ0v) is 22.7. The van der Waals surface area contributed by atoms with Gasteiger partial charge in [0.15, 0.2) is 5.75 Å². The van der Waals surface area contributed by atoms with Crippen LogP contribution in [0, 0.1) is 0 Å². The van der Waals surface area contributed by atoms with E-state index in [1.165, 1.54) is 0 Å². The van der Waals surface area contributed by atoms with Gasteiger partial charge in [0.25, 0.3) is 5.56 Å². The average molecular weight is 514 g/mol. The van der Waals surface area contributed by atoms with Gasteiger partial charge in [0, 0.05) is 18.0 Å². The fourth-order valence-corrected chi connectivity index (χ4v) is 4.45. The van der Waals surface area contributed by atoms with Crippen molar-refractivity contribution in [1.29, 1.82) is 0 Å². The monoisotopic (exact) mass is 513 g/mol. The number of aryl methyl sites for hydroxylation is 1. The molecule has 0 atom stereocenters. The summed E-state index contributed by atoms with van der Waals surface area (Å²) in [6.07, 6.45) is 6.17. The summed E-state index contributed by atoms with van der Waals surface area (Å²) < 4.78 is 20.5. The lowest BCUT2D eigenvalue weighted by molar-refractivity contribution is 0.255. The maximum Gasteiger partial charge on any atom is 0.297 e. The summed E-state index contributed by atoms with van der Waals surface area (Å²) in [4.78, 5) is 13.8. The molecule has 0 saturated heterocycles. The third-order valence-corrected chi connectivity index (χ3v) is 6.60. The van der Waals surface area contributed by atoms with Crippen molar-refractivity contribution in [2.75, 3.05) is 6.61 Å². The second-order valence-electron chi connectivity index (χ2n) is 9.61. The lowest BCUT2D eigenvalue weighted by atomic mass is 10.1. The summed E-state index contributed by atoms with van der Waals surface area (Å²) in [5, 5.41) is 0.854. The highest BCUT2D eigenvalue weighted by molar-refractivity contribution is 5.89. The van der Waals surface area contributed by atoms with Gasteiger partial charge < -0.3 is 18.8 Å². The Morgan fingerprint density at radius 1 is 0.658 bits per heavy atom. The minimum absolute atomic E-state index is 0.148. The lowest BCUT2D eigenvalue weighted by Gasteiger charge is -2.19. The molecule has 4 rings (SSSR count). The number of ether oxygens (including phenoxy) is 3. The van der Waals surface area contributed by atoms with Crippen molar-refractivity contribution in [2.24, 2.45) is 0 Å². The van der Waals surface area contributed by atoms with E-state index in [0.717, 1.165) is 60.6 Å². The second-order valence-corrected chi connectivity index (χ2v) is 9.61. The van der Waals surface area contributed by atoms with Gasteiger partial charge in [-0.15, -0.1) is 0 Å². The molecule has 3 aromatic carbocycles. The topological polar surface area (TPSA) is 49.7 Å². The molecule has 0 saturated carbocycles. The van der Waals surface area contributed by atoms with Gasteiger partial charge in [0.05, 0.1) is 12.1 Å². The molecular weight excluding hydrogens is 474 g/mol. The molecule has 200 valence electrons. The van der Waals surface area contributed by atoms with Crippen LogP contribution in [-0.2, 0) is 19.8 Å². The number of hydrogen-bond acceptors (Lipinski definition) is 4. The maximum absolute atomic E-state index is 13.8. The maximum atomic E-state index is 13.8. The summed E-state index contributed by atoms with van der Waals surface area (Å²) in [5.41, 5.74) is 2.78. The molecule has 0 unspecified atom stereocenters. The SMILES string of the molecule is CCCCCCOc1c(OCc2ccccc2)c2ccc(OCc3ccccc3)cc2n(CCCC)c1=O. The van der Waals surface area contributed by atoms with Crippen LogP contribution in [0.15, 0.2) is 83.7 Å². The van der Waals surface area contributed by atoms with Crippen molar-refractivity contribution < 1.29 is 14.2 Å². The Balaban J connectivity index is 1.72. The largest absolute Gasteiger partial charge is 0.489 e. The molecule has 0 N–H and O–H groups in total. The van der Waals surface area contributed by atoms with E-state index in [1.54, 1.807) is 0 Å². The van der Waals surface area contributed by atoms with Crippen molar-refractivity contribution in [3.05, 3.63) is 100 Å². The Kier molecular flexibility index (Phi) is 10.3. The number of hydrogen-bond donors (Lipinski definition) is 0. The van der Waals surface area contributed by atoms with Gasteiger partial charge in [0.2, 0.25) is 5.75 Å². The molecule has 0 bridgehead atoms. The van der Waals surface area contributed by atoms with Crippen LogP contribution in [0.5, 0.6) is 17.2 Å². The molecule has 0 aliphatic heterocycles. The minimum atomic E-state index is -0.148. The van der Waals surface area contributed by atoms with Crippen LogP contribution in [-0.4, -0.2) is 11.2 Å². The summed E-state index contributed by atoms with van der Waals surface area (Å²) in [6.45, 7) is 6.23. The Hall–Kier alpha value is -3.73. The van der Waals surface area contributed by atoms with E-state index >= 15 is 0 Å². The van der Waals surface area contributed by atoms with Crippen LogP contribution in [0.3, 0.4) is 0 Å². The molecule has 0 aliphatic rings. The molecule has 0 radical (unpaired) electrons. The van der Waals surface area contributed by atoms with E-state index in [2.05, 4.69) is 13.8 Å². The van der Waals surface area contributed by atoms with Crippen molar-refractivity contribution in [2.45, 2.75) is 72.1 Å². The number of aromatic nitrogens is 1. The third kappa shape index (κ3) is 7.18. The molecule has 1 heterocycles. The van der Waals surface area contributed by atoms with E-state index in [9.17, 15) is 4.79 Å². The normalized spacial score (nSPS) is 11.0. The number of nitrogens with zero attached hydrogens (tertiary/aromatic N) is 1. The van der Waals surface area contributed by atoms with Gasteiger partial charge in [-0.3, -0.25) is 4.79 Å². The van der Waals surface area contributed by atoms with Crippen LogP contribution in [0.2, 0.25) is 0 Å². The average Bonchev–Trinajstić information content (AvgIpc) is 2.96. The van der Waals surface area contributed by atoms with E-state index in [-0.39, 0.29) is 5.56 Å². The fraction of sp³-hybridized carbons (Fsp3) is 0.364. The summed E-state index contributed by atoms with van der Waals surface area (Å²) in [7, 11) is 0. The van der Waals surface area contributed by atoms with Crippen molar-refractivity contribution >= 4 is 10.9 Å². The molecule has 4 aromatic rings. The number of benzene rings is 3. The van der Waals surface area contributed by atoms with Crippen molar-refractivity contribution in [3.8, 4) is 17.2 Å². The second kappa shape index (κ2) is 14.3. The first kappa shape index (κ1) is 27.3. The molecule has 0 aliphatic carbocycles. The van der Waals surface area contributed by atoms with E-state index in [0.29, 0.717) is 43.6 Å². The molecule has 0 amide bonds. The lowest BCUT2D eigenvalue weighted by Crippen LogP contribution is -2.24. The molecule has 0 spiro atoms. The summed E-state index contributed by atoms with van der Waals surface area (Å²) in [6, 6.07) is 26.0. The molecule has 38 heavy (non-hydrogen) atoms. The van der Waals surface area contributed by atoms with Crippen LogP contribution in [0.25, 0.3) is 10.9 Å². The van der Waals surface area contributed by atoms with Gasteiger partial charge in [-0.1, -0.05) is 100 Å². The smallest absolute Gasteiger partial charge is 0.297 e. The number of fused-ring (bicyclic) bond motifs is 1. The quantitative estimate of drug-likeness (QED) is 0.152. The minimum Gasteiger partial charge on any atom is -0.489 e. The molecule has 1 aromatic heterocycles.